The maximum absolute atomic E-state index is 12.0. The van der Waals surface area contributed by atoms with E-state index in [4.69, 9.17) is 0 Å². The molecule has 0 bridgehead atoms. The Balaban J connectivity index is 4.27. The first kappa shape index (κ1) is 29.4. The van der Waals surface area contributed by atoms with Gasteiger partial charge in [0.25, 0.3) is 10.1 Å². The first-order valence-electron chi connectivity index (χ1n) is 12.5. The second-order valence-electron chi connectivity index (χ2n) is 8.93. The molecule has 0 saturated heterocycles. The third-order valence-corrected chi connectivity index (χ3v) is 7.82. The molecule has 0 aromatic rings. The summed E-state index contributed by atoms with van der Waals surface area (Å²) in [4.78, 5) is 11.9. The topological polar surface area (TPSA) is 91.7 Å². The minimum Gasteiger partial charge on any atom is -0.480 e. The summed E-state index contributed by atoms with van der Waals surface area (Å²) in [6.07, 6.45) is 19.3. The summed E-state index contributed by atoms with van der Waals surface area (Å²) in [5.74, 6) is -1.40. The van der Waals surface area contributed by atoms with Crippen molar-refractivity contribution in [3.05, 3.63) is 0 Å². The standard InChI is InChI=1S/C24H48O5S/c1-3-5-7-9-11-13-14-16-18-20-22-24(23(25)26,30(27,28)29)21-19-17-15-12-10-8-6-4-2/h3-22H2,1-2H3,(H,25,26)(H,27,28,29). The summed E-state index contributed by atoms with van der Waals surface area (Å²) in [6, 6.07) is 0. The van der Waals surface area contributed by atoms with Crippen molar-refractivity contribution in [3.8, 4) is 0 Å². The van der Waals surface area contributed by atoms with Gasteiger partial charge in [-0.15, -0.1) is 0 Å². The lowest BCUT2D eigenvalue weighted by molar-refractivity contribution is -0.140. The number of carbonyl (C=O) groups is 1. The molecule has 0 heterocycles. The van der Waals surface area contributed by atoms with Crippen molar-refractivity contribution in [3.63, 3.8) is 0 Å². The lowest BCUT2D eigenvalue weighted by Crippen LogP contribution is -2.46. The van der Waals surface area contributed by atoms with E-state index in [1.807, 2.05) is 0 Å². The molecule has 180 valence electrons. The van der Waals surface area contributed by atoms with Crippen molar-refractivity contribution in [1.82, 2.24) is 0 Å². The molecule has 0 aromatic heterocycles. The van der Waals surface area contributed by atoms with Crippen LogP contribution in [-0.4, -0.2) is 28.8 Å². The van der Waals surface area contributed by atoms with Crippen LogP contribution < -0.4 is 0 Å². The van der Waals surface area contributed by atoms with Gasteiger partial charge in [0.2, 0.25) is 0 Å². The lowest BCUT2D eigenvalue weighted by Gasteiger charge is -2.26. The molecule has 30 heavy (non-hydrogen) atoms. The van der Waals surface area contributed by atoms with E-state index in [2.05, 4.69) is 13.8 Å². The van der Waals surface area contributed by atoms with Crippen LogP contribution in [0.1, 0.15) is 142 Å². The molecule has 0 aromatic carbocycles. The monoisotopic (exact) mass is 448 g/mol. The number of unbranched alkanes of at least 4 members (excludes halogenated alkanes) is 16. The van der Waals surface area contributed by atoms with Crippen LogP contribution in [-0.2, 0) is 14.9 Å². The van der Waals surface area contributed by atoms with E-state index >= 15 is 0 Å². The van der Waals surface area contributed by atoms with Crippen molar-refractivity contribution in [2.45, 2.75) is 147 Å². The normalized spacial score (nSPS) is 14.0. The number of rotatable bonds is 22. The lowest BCUT2D eigenvalue weighted by atomic mass is 9.93. The zero-order valence-electron chi connectivity index (χ0n) is 19.7. The number of aliphatic carboxylic acids is 1. The van der Waals surface area contributed by atoms with Crippen LogP contribution in [0.15, 0.2) is 0 Å². The fraction of sp³-hybridized carbons (Fsp3) is 0.958. The Kier molecular flexibility index (Phi) is 17.6. The van der Waals surface area contributed by atoms with Crippen LogP contribution >= 0.6 is 0 Å². The highest BCUT2D eigenvalue weighted by Crippen LogP contribution is 2.31. The molecule has 0 radical (unpaired) electrons. The largest absolute Gasteiger partial charge is 0.480 e. The van der Waals surface area contributed by atoms with Crippen molar-refractivity contribution < 1.29 is 22.9 Å². The molecule has 1 unspecified atom stereocenters. The van der Waals surface area contributed by atoms with Crippen molar-refractivity contribution in [1.29, 1.82) is 0 Å². The SMILES string of the molecule is CCCCCCCCCCCCC(CCCCCCCCCC)(C(=O)O)S(=O)(=O)O. The second-order valence-corrected chi connectivity index (χ2v) is 10.7. The minimum absolute atomic E-state index is 0.00750. The molecule has 6 heteroatoms. The van der Waals surface area contributed by atoms with Crippen LogP contribution in [0, 0.1) is 0 Å². The van der Waals surface area contributed by atoms with E-state index in [0.29, 0.717) is 12.8 Å². The molecule has 0 aliphatic heterocycles. The number of carboxylic acid groups (broad SMARTS) is 1. The predicted octanol–water partition coefficient (Wildman–Crippen LogP) is 7.54. The zero-order chi connectivity index (χ0) is 22.7. The summed E-state index contributed by atoms with van der Waals surface area (Å²) < 4.78 is 31.7. The van der Waals surface area contributed by atoms with Gasteiger partial charge >= 0.3 is 5.97 Å². The smallest absolute Gasteiger partial charge is 0.327 e. The van der Waals surface area contributed by atoms with Crippen molar-refractivity contribution in [2.24, 2.45) is 0 Å². The molecule has 0 amide bonds. The average molecular weight is 449 g/mol. The summed E-state index contributed by atoms with van der Waals surface area (Å²) in [5.41, 5.74) is 0. The van der Waals surface area contributed by atoms with Gasteiger partial charge in [-0.05, 0) is 12.8 Å². The van der Waals surface area contributed by atoms with Gasteiger partial charge in [-0.1, -0.05) is 129 Å². The first-order valence-corrected chi connectivity index (χ1v) is 14.0. The molecule has 2 N–H and O–H groups in total. The predicted molar refractivity (Wildman–Crippen MR) is 126 cm³/mol. The Hall–Kier alpha value is -0.620. The fourth-order valence-electron chi connectivity index (χ4n) is 4.15. The molecule has 0 aliphatic rings. The molecule has 0 saturated carbocycles. The Labute approximate surface area is 186 Å². The van der Waals surface area contributed by atoms with Gasteiger partial charge in [0.05, 0.1) is 0 Å². The van der Waals surface area contributed by atoms with Gasteiger partial charge in [0.1, 0.15) is 0 Å². The van der Waals surface area contributed by atoms with Crippen LogP contribution in [0.25, 0.3) is 0 Å². The number of carboxylic acids is 1. The zero-order valence-corrected chi connectivity index (χ0v) is 20.5. The molecule has 0 fully saturated rings. The quantitative estimate of drug-likeness (QED) is 0.132. The second kappa shape index (κ2) is 18.0. The van der Waals surface area contributed by atoms with E-state index in [9.17, 15) is 22.9 Å². The van der Waals surface area contributed by atoms with Crippen LogP contribution in [0.5, 0.6) is 0 Å². The summed E-state index contributed by atoms with van der Waals surface area (Å²) >= 11 is 0. The van der Waals surface area contributed by atoms with Crippen LogP contribution in [0.4, 0.5) is 0 Å². The molecule has 0 spiro atoms. The number of hydrogen-bond donors (Lipinski definition) is 2. The van der Waals surface area contributed by atoms with E-state index in [1.165, 1.54) is 64.2 Å². The van der Waals surface area contributed by atoms with Crippen molar-refractivity contribution in [2.75, 3.05) is 0 Å². The molecule has 5 nitrogen and oxygen atoms in total. The molecular weight excluding hydrogens is 400 g/mol. The van der Waals surface area contributed by atoms with E-state index in [-0.39, 0.29) is 12.8 Å². The molecule has 0 rings (SSSR count). The minimum atomic E-state index is -4.64. The van der Waals surface area contributed by atoms with Gasteiger partial charge in [-0.3, -0.25) is 9.35 Å². The van der Waals surface area contributed by atoms with Crippen LogP contribution in [0.3, 0.4) is 0 Å². The Morgan fingerprint density at radius 2 is 0.867 bits per heavy atom. The summed E-state index contributed by atoms with van der Waals surface area (Å²) in [5, 5.41) is 9.66. The first-order chi connectivity index (χ1) is 14.3. The highest BCUT2D eigenvalue weighted by atomic mass is 32.2. The number of hydrogen-bond acceptors (Lipinski definition) is 3. The van der Waals surface area contributed by atoms with Gasteiger partial charge in [0.15, 0.2) is 4.75 Å². The molecule has 0 aliphatic carbocycles. The third kappa shape index (κ3) is 12.9. The van der Waals surface area contributed by atoms with Gasteiger partial charge in [-0.25, -0.2) is 0 Å². The van der Waals surface area contributed by atoms with Crippen LogP contribution in [0.2, 0.25) is 0 Å². The Morgan fingerprint density at radius 3 is 1.10 bits per heavy atom. The summed E-state index contributed by atoms with van der Waals surface area (Å²) in [6.45, 7) is 4.38. The van der Waals surface area contributed by atoms with Gasteiger partial charge < -0.3 is 5.11 Å². The highest BCUT2D eigenvalue weighted by molar-refractivity contribution is 7.88. The Morgan fingerprint density at radius 1 is 0.600 bits per heavy atom. The highest BCUT2D eigenvalue weighted by Gasteiger charge is 2.49. The fourth-order valence-corrected chi connectivity index (χ4v) is 5.17. The van der Waals surface area contributed by atoms with Gasteiger partial charge in [0, 0.05) is 0 Å². The van der Waals surface area contributed by atoms with Crippen molar-refractivity contribution >= 4 is 16.1 Å². The Bertz CT molecular complexity index is 518. The molecule has 1 atom stereocenters. The van der Waals surface area contributed by atoms with E-state index in [0.717, 1.165) is 38.5 Å². The maximum atomic E-state index is 12.0. The van der Waals surface area contributed by atoms with Gasteiger partial charge in [-0.2, -0.15) is 8.42 Å². The summed E-state index contributed by atoms with van der Waals surface area (Å²) in [7, 11) is -4.64. The molecular formula is C24H48O5S. The maximum Gasteiger partial charge on any atom is 0.327 e. The van der Waals surface area contributed by atoms with E-state index < -0.39 is 20.8 Å². The van der Waals surface area contributed by atoms with E-state index in [1.54, 1.807) is 0 Å². The third-order valence-electron chi connectivity index (χ3n) is 6.25. The average Bonchev–Trinajstić information content (AvgIpc) is 2.68.